The van der Waals surface area contributed by atoms with Gasteiger partial charge in [0, 0.05) is 0 Å². The summed E-state index contributed by atoms with van der Waals surface area (Å²) in [5.41, 5.74) is 0.640. The van der Waals surface area contributed by atoms with E-state index in [1.807, 2.05) is 0 Å². The fourth-order valence-corrected chi connectivity index (χ4v) is 3.88. The van der Waals surface area contributed by atoms with Crippen LogP contribution in [0.2, 0.25) is 0 Å². The van der Waals surface area contributed by atoms with Crippen LogP contribution in [0.3, 0.4) is 0 Å². The molecule has 146 valence electrons. The van der Waals surface area contributed by atoms with Crippen molar-refractivity contribution >= 4 is 39.1 Å². The van der Waals surface area contributed by atoms with E-state index in [2.05, 4.69) is 10.3 Å². The third kappa shape index (κ3) is 3.36. The van der Waals surface area contributed by atoms with Gasteiger partial charge < -0.3 is 14.8 Å². The molecular weight excluding hydrogens is 382 g/mol. The van der Waals surface area contributed by atoms with Crippen LogP contribution in [-0.4, -0.2) is 35.6 Å². The summed E-state index contributed by atoms with van der Waals surface area (Å²) in [5.74, 6) is -0.385. The number of fused-ring (bicyclic) bond motifs is 1. The van der Waals surface area contributed by atoms with E-state index >= 15 is 0 Å². The highest BCUT2D eigenvalue weighted by atomic mass is 32.1. The van der Waals surface area contributed by atoms with Crippen molar-refractivity contribution in [1.82, 2.24) is 9.55 Å². The molecule has 1 amide bonds. The maximum absolute atomic E-state index is 12.9. The van der Waals surface area contributed by atoms with Crippen molar-refractivity contribution in [3.63, 3.8) is 0 Å². The quantitative estimate of drug-likeness (QED) is 0.660. The number of esters is 1. The number of benzene rings is 1. The van der Waals surface area contributed by atoms with E-state index in [0.717, 1.165) is 11.3 Å². The number of rotatable bonds is 5. The van der Waals surface area contributed by atoms with E-state index in [0.29, 0.717) is 32.1 Å². The molecule has 0 bridgehead atoms. The fraction of sp³-hybridized carbons (Fsp3) is 0.263. The number of nitrogens with one attached hydrogen (secondary N) is 1. The van der Waals surface area contributed by atoms with Crippen molar-refractivity contribution in [2.75, 3.05) is 19.5 Å². The Kier molecular flexibility index (Phi) is 5.46. The summed E-state index contributed by atoms with van der Waals surface area (Å²) in [5, 5.41) is 3.11. The molecule has 2 aromatic heterocycles. The van der Waals surface area contributed by atoms with Crippen LogP contribution in [0.1, 0.15) is 28.2 Å². The number of amides is 1. The number of hydrogen-bond donors (Lipinski definition) is 1. The third-order valence-corrected chi connectivity index (χ3v) is 5.60. The van der Waals surface area contributed by atoms with Crippen molar-refractivity contribution in [2.45, 2.75) is 19.9 Å². The van der Waals surface area contributed by atoms with E-state index < -0.39 is 17.6 Å². The minimum absolute atomic E-state index is 0.313. The highest BCUT2D eigenvalue weighted by molar-refractivity contribution is 7.20. The minimum atomic E-state index is -0.820. The molecule has 0 fully saturated rings. The Morgan fingerprint density at radius 3 is 2.64 bits per heavy atom. The standard InChI is InChI=1S/C19H19N3O5S/c1-10-14-17(20-9-22(18(14)24)11(2)19(25)27-4)28-15(10)16(23)21-12-7-5-6-8-13(12)26-3/h5-9,11H,1-4H3,(H,21,23). The van der Waals surface area contributed by atoms with Crippen LogP contribution in [0.4, 0.5) is 5.69 Å². The van der Waals surface area contributed by atoms with Gasteiger partial charge in [-0.2, -0.15) is 0 Å². The Morgan fingerprint density at radius 1 is 1.25 bits per heavy atom. The van der Waals surface area contributed by atoms with Gasteiger partial charge in [-0.15, -0.1) is 11.3 Å². The van der Waals surface area contributed by atoms with Crippen LogP contribution in [0.5, 0.6) is 5.75 Å². The molecule has 1 N–H and O–H groups in total. The van der Waals surface area contributed by atoms with E-state index in [1.54, 1.807) is 38.1 Å². The van der Waals surface area contributed by atoms with Crippen LogP contribution in [0, 0.1) is 6.92 Å². The molecule has 1 unspecified atom stereocenters. The summed E-state index contributed by atoms with van der Waals surface area (Å²) in [6.07, 6.45) is 1.30. The molecule has 0 saturated heterocycles. The molecule has 0 aliphatic heterocycles. The van der Waals surface area contributed by atoms with Gasteiger partial charge in [-0.1, -0.05) is 12.1 Å². The highest BCUT2D eigenvalue weighted by Gasteiger charge is 2.23. The lowest BCUT2D eigenvalue weighted by atomic mass is 10.2. The van der Waals surface area contributed by atoms with Crippen molar-refractivity contribution in [3.8, 4) is 5.75 Å². The predicted molar refractivity (Wildman–Crippen MR) is 106 cm³/mol. The molecule has 3 rings (SSSR count). The van der Waals surface area contributed by atoms with Crippen LogP contribution in [0.15, 0.2) is 35.4 Å². The average Bonchev–Trinajstić information content (AvgIpc) is 3.05. The number of para-hydroxylation sites is 2. The second-order valence-corrected chi connectivity index (χ2v) is 7.05. The van der Waals surface area contributed by atoms with Crippen molar-refractivity contribution < 1.29 is 19.1 Å². The number of aromatic nitrogens is 2. The van der Waals surface area contributed by atoms with Gasteiger partial charge in [-0.25, -0.2) is 9.78 Å². The monoisotopic (exact) mass is 401 g/mol. The highest BCUT2D eigenvalue weighted by Crippen LogP contribution is 2.30. The van der Waals surface area contributed by atoms with E-state index in [1.165, 1.54) is 25.1 Å². The summed E-state index contributed by atoms with van der Waals surface area (Å²) in [6, 6.07) is 6.22. The minimum Gasteiger partial charge on any atom is -0.495 e. The first-order chi connectivity index (χ1) is 13.4. The second-order valence-electron chi connectivity index (χ2n) is 6.05. The number of carbonyl (C=O) groups is 2. The largest absolute Gasteiger partial charge is 0.495 e. The third-order valence-electron chi connectivity index (χ3n) is 4.40. The zero-order valence-electron chi connectivity index (χ0n) is 15.8. The first-order valence-corrected chi connectivity index (χ1v) is 9.23. The summed E-state index contributed by atoms with van der Waals surface area (Å²) in [4.78, 5) is 42.5. The Morgan fingerprint density at radius 2 is 1.96 bits per heavy atom. The Balaban J connectivity index is 2.03. The van der Waals surface area contributed by atoms with Crippen LogP contribution in [-0.2, 0) is 9.53 Å². The Hall–Kier alpha value is -3.20. The van der Waals surface area contributed by atoms with E-state index in [-0.39, 0.29) is 5.91 Å². The summed E-state index contributed by atoms with van der Waals surface area (Å²) >= 11 is 1.12. The first-order valence-electron chi connectivity index (χ1n) is 8.41. The molecule has 8 nitrogen and oxygen atoms in total. The van der Waals surface area contributed by atoms with Gasteiger partial charge in [0.15, 0.2) is 0 Å². The molecule has 9 heteroatoms. The molecule has 28 heavy (non-hydrogen) atoms. The van der Waals surface area contributed by atoms with Crippen LogP contribution in [0.25, 0.3) is 10.2 Å². The lowest BCUT2D eigenvalue weighted by Gasteiger charge is -2.12. The van der Waals surface area contributed by atoms with E-state index in [9.17, 15) is 14.4 Å². The average molecular weight is 401 g/mol. The smallest absolute Gasteiger partial charge is 0.328 e. The molecule has 0 spiro atoms. The van der Waals surface area contributed by atoms with Crippen LogP contribution < -0.4 is 15.6 Å². The van der Waals surface area contributed by atoms with Gasteiger partial charge in [0.05, 0.1) is 36.5 Å². The summed E-state index contributed by atoms with van der Waals surface area (Å²) < 4.78 is 11.1. The maximum Gasteiger partial charge on any atom is 0.328 e. The van der Waals surface area contributed by atoms with Gasteiger partial charge in [-0.05, 0) is 31.5 Å². The molecule has 1 atom stereocenters. The number of hydrogen-bond acceptors (Lipinski definition) is 7. The van der Waals surface area contributed by atoms with E-state index in [4.69, 9.17) is 9.47 Å². The normalized spacial score (nSPS) is 11.9. The number of methoxy groups -OCH3 is 2. The van der Waals surface area contributed by atoms with Crippen molar-refractivity contribution in [2.24, 2.45) is 0 Å². The maximum atomic E-state index is 12.9. The molecule has 0 aliphatic rings. The number of aryl methyl sites for hydroxylation is 1. The Bertz CT molecular complexity index is 1120. The molecular formula is C19H19N3O5S. The van der Waals surface area contributed by atoms with Gasteiger partial charge in [0.1, 0.15) is 16.6 Å². The number of thiophene rings is 1. The first kappa shape index (κ1) is 19.6. The SMILES string of the molecule is COC(=O)C(C)n1cnc2sc(C(=O)Nc3ccccc3OC)c(C)c2c1=O. The number of anilines is 1. The molecule has 0 aliphatic carbocycles. The van der Waals surface area contributed by atoms with Gasteiger partial charge in [-0.3, -0.25) is 14.2 Å². The number of nitrogens with zero attached hydrogens (tertiary/aromatic N) is 2. The van der Waals surface area contributed by atoms with Crippen LogP contribution >= 0.6 is 11.3 Å². The van der Waals surface area contributed by atoms with Crippen molar-refractivity contribution in [3.05, 3.63) is 51.4 Å². The zero-order chi connectivity index (χ0) is 20.4. The zero-order valence-corrected chi connectivity index (χ0v) is 16.6. The number of ether oxygens (including phenoxy) is 2. The fourth-order valence-electron chi connectivity index (χ4n) is 2.84. The topological polar surface area (TPSA) is 99.5 Å². The van der Waals surface area contributed by atoms with Gasteiger partial charge in [0.25, 0.3) is 11.5 Å². The molecule has 0 radical (unpaired) electrons. The van der Waals surface area contributed by atoms with Crippen molar-refractivity contribution in [1.29, 1.82) is 0 Å². The molecule has 2 heterocycles. The molecule has 1 aromatic carbocycles. The predicted octanol–water partition coefficient (Wildman–Crippen LogP) is 2.76. The van der Waals surface area contributed by atoms with Gasteiger partial charge in [0.2, 0.25) is 0 Å². The molecule has 3 aromatic rings. The second kappa shape index (κ2) is 7.81. The lowest BCUT2D eigenvalue weighted by Crippen LogP contribution is -2.29. The number of carbonyl (C=O) groups excluding carboxylic acids is 2. The Labute approximate surface area is 164 Å². The summed E-state index contributed by atoms with van der Waals surface area (Å²) in [6.45, 7) is 3.24. The lowest BCUT2D eigenvalue weighted by molar-refractivity contribution is -0.144. The summed E-state index contributed by atoms with van der Waals surface area (Å²) in [7, 11) is 2.77. The van der Waals surface area contributed by atoms with Gasteiger partial charge >= 0.3 is 5.97 Å². The molecule has 0 saturated carbocycles.